The minimum atomic E-state index is -0.110. The normalized spacial score (nSPS) is 11.4. The van der Waals surface area contributed by atoms with E-state index in [1.807, 2.05) is 13.0 Å². The Kier molecular flexibility index (Phi) is 4.52. The summed E-state index contributed by atoms with van der Waals surface area (Å²) in [5, 5.41) is 8.84. The van der Waals surface area contributed by atoms with Crippen LogP contribution < -0.4 is 4.90 Å². The summed E-state index contributed by atoms with van der Waals surface area (Å²) in [5.74, 6) is -0.0633. The molecule has 0 radical (unpaired) electrons. The van der Waals surface area contributed by atoms with Gasteiger partial charge in [-0.25, -0.2) is 0 Å². The van der Waals surface area contributed by atoms with Gasteiger partial charge in [-0.1, -0.05) is 32.9 Å². The molecular formula is C15H23NO2. The summed E-state index contributed by atoms with van der Waals surface area (Å²) >= 11 is 0. The van der Waals surface area contributed by atoms with Gasteiger partial charge in [-0.2, -0.15) is 0 Å². The third kappa shape index (κ3) is 3.33. The second-order valence-electron chi connectivity index (χ2n) is 5.68. The molecule has 0 atom stereocenters. The van der Waals surface area contributed by atoms with Crippen molar-refractivity contribution in [3.05, 3.63) is 29.3 Å². The number of carbonyl (C=O) groups is 1. The number of benzene rings is 1. The molecule has 1 amide bonds. The summed E-state index contributed by atoms with van der Waals surface area (Å²) in [5.41, 5.74) is 3.24. The lowest BCUT2D eigenvalue weighted by Crippen LogP contribution is -2.28. The van der Waals surface area contributed by atoms with Crippen LogP contribution in [0.1, 0.15) is 38.3 Å². The SMILES string of the molecule is Cc1ccc(C(C)(C)C)cc1N(C)C(=O)CCO. The third-order valence-corrected chi connectivity index (χ3v) is 3.14. The van der Waals surface area contributed by atoms with E-state index >= 15 is 0 Å². The molecule has 0 saturated heterocycles. The predicted molar refractivity (Wildman–Crippen MR) is 75.0 cm³/mol. The first kappa shape index (κ1) is 14.7. The van der Waals surface area contributed by atoms with E-state index in [1.165, 1.54) is 5.56 Å². The van der Waals surface area contributed by atoms with Gasteiger partial charge in [-0.3, -0.25) is 4.79 Å². The van der Waals surface area contributed by atoms with Crippen molar-refractivity contribution in [2.45, 2.75) is 39.5 Å². The monoisotopic (exact) mass is 249 g/mol. The third-order valence-electron chi connectivity index (χ3n) is 3.14. The molecule has 0 aliphatic rings. The van der Waals surface area contributed by atoms with Crippen molar-refractivity contribution in [3.8, 4) is 0 Å². The zero-order valence-electron chi connectivity index (χ0n) is 11.9. The van der Waals surface area contributed by atoms with Crippen LogP contribution in [-0.2, 0) is 10.2 Å². The van der Waals surface area contributed by atoms with E-state index < -0.39 is 0 Å². The molecule has 0 spiro atoms. The zero-order chi connectivity index (χ0) is 13.9. The number of amides is 1. The van der Waals surface area contributed by atoms with Crippen LogP contribution in [0, 0.1) is 6.92 Å². The van der Waals surface area contributed by atoms with E-state index in [0.717, 1.165) is 11.3 Å². The van der Waals surface area contributed by atoms with Gasteiger partial charge < -0.3 is 10.0 Å². The van der Waals surface area contributed by atoms with Gasteiger partial charge in [-0.15, -0.1) is 0 Å². The summed E-state index contributed by atoms with van der Waals surface area (Å²) in [6.07, 6.45) is 0.162. The molecule has 0 unspecified atom stereocenters. The van der Waals surface area contributed by atoms with Crippen LogP contribution in [0.5, 0.6) is 0 Å². The van der Waals surface area contributed by atoms with Gasteiger partial charge in [0.05, 0.1) is 13.0 Å². The maximum atomic E-state index is 11.8. The van der Waals surface area contributed by atoms with E-state index in [9.17, 15) is 4.79 Å². The Labute approximate surface area is 109 Å². The van der Waals surface area contributed by atoms with E-state index in [0.29, 0.717) is 0 Å². The lowest BCUT2D eigenvalue weighted by Gasteiger charge is -2.24. The first-order valence-corrected chi connectivity index (χ1v) is 6.26. The Morgan fingerprint density at radius 3 is 2.44 bits per heavy atom. The molecule has 0 aromatic heterocycles. The highest BCUT2D eigenvalue weighted by atomic mass is 16.3. The molecule has 100 valence electrons. The van der Waals surface area contributed by atoms with E-state index in [-0.39, 0.29) is 24.3 Å². The van der Waals surface area contributed by atoms with Crippen molar-refractivity contribution in [1.82, 2.24) is 0 Å². The molecule has 0 heterocycles. The molecule has 1 N–H and O–H groups in total. The summed E-state index contributed by atoms with van der Waals surface area (Å²) in [6.45, 7) is 8.33. The summed E-state index contributed by atoms with van der Waals surface area (Å²) < 4.78 is 0. The lowest BCUT2D eigenvalue weighted by molar-refractivity contribution is -0.118. The van der Waals surface area contributed by atoms with Gasteiger partial charge in [0.1, 0.15) is 0 Å². The largest absolute Gasteiger partial charge is 0.396 e. The topological polar surface area (TPSA) is 40.5 Å². The summed E-state index contributed by atoms with van der Waals surface area (Å²) in [6, 6.07) is 6.20. The lowest BCUT2D eigenvalue weighted by atomic mass is 9.86. The first-order valence-electron chi connectivity index (χ1n) is 6.26. The number of hydrogen-bond donors (Lipinski definition) is 1. The average Bonchev–Trinajstić information content (AvgIpc) is 2.27. The van der Waals surface area contributed by atoms with Crippen LogP contribution in [0.15, 0.2) is 18.2 Å². The van der Waals surface area contributed by atoms with E-state index in [4.69, 9.17) is 5.11 Å². The maximum absolute atomic E-state index is 11.8. The number of carbonyl (C=O) groups excluding carboxylic acids is 1. The number of rotatable bonds is 3. The second kappa shape index (κ2) is 5.53. The van der Waals surface area contributed by atoms with Gasteiger partial charge in [0.15, 0.2) is 0 Å². The molecule has 0 bridgehead atoms. The summed E-state index contributed by atoms with van der Waals surface area (Å²) in [4.78, 5) is 13.4. The molecule has 1 rings (SSSR count). The fourth-order valence-corrected chi connectivity index (χ4v) is 1.83. The number of aryl methyl sites for hydroxylation is 1. The number of aliphatic hydroxyl groups excluding tert-OH is 1. The number of nitrogens with zero attached hydrogens (tertiary/aromatic N) is 1. The average molecular weight is 249 g/mol. The van der Waals surface area contributed by atoms with Gasteiger partial charge in [0.25, 0.3) is 0 Å². The van der Waals surface area contributed by atoms with Crippen molar-refractivity contribution in [2.24, 2.45) is 0 Å². The molecule has 0 aliphatic carbocycles. The number of anilines is 1. The van der Waals surface area contributed by atoms with Crippen molar-refractivity contribution in [3.63, 3.8) is 0 Å². The van der Waals surface area contributed by atoms with Crippen molar-refractivity contribution < 1.29 is 9.90 Å². The fourth-order valence-electron chi connectivity index (χ4n) is 1.83. The molecule has 1 aromatic rings. The molecule has 3 nitrogen and oxygen atoms in total. The molecule has 3 heteroatoms. The Morgan fingerprint density at radius 2 is 1.94 bits per heavy atom. The fraction of sp³-hybridized carbons (Fsp3) is 0.533. The molecule has 0 fully saturated rings. The maximum Gasteiger partial charge on any atom is 0.229 e. The Balaban J connectivity index is 3.12. The van der Waals surface area contributed by atoms with Crippen LogP contribution in [0.3, 0.4) is 0 Å². The van der Waals surface area contributed by atoms with Crippen LogP contribution in [0.2, 0.25) is 0 Å². The van der Waals surface area contributed by atoms with Gasteiger partial charge >= 0.3 is 0 Å². The summed E-state index contributed by atoms with van der Waals surface area (Å²) in [7, 11) is 1.76. The van der Waals surface area contributed by atoms with Crippen LogP contribution in [-0.4, -0.2) is 24.7 Å². The number of hydrogen-bond acceptors (Lipinski definition) is 2. The Hall–Kier alpha value is -1.35. The second-order valence-corrected chi connectivity index (χ2v) is 5.68. The molecule has 0 aliphatic heterocycles. The van der Waals surface area contributed by atoms with E-state index in [2.05, 4.69) is 32.9 Å². The minimum Gasteiger partial charge on any atom is -0.396 e. The zero-order valence-corrected chi connectivity index (χ0v) is 11.9. The van der Waals surface area contributed by atoms with Crippen molar-refractivity contribution >= 4 is 11.6 Å². The van der Waals surface area contributed by atoms with Crippen LogP contribution in [0.25, 0.3) is 0 Å². The van der Waals surface area contributed by atoms with Crippen molar-refractivity contribution in [2.75, 3.05) is 18.6 Å². The highest BCUT2D eigenvalue weighted by molar-refractivity contribution is 5.93. The smallest absolute Gasteiger partial charge is 0.229 e. The first-order chi connectivity index (χ1) is 8.27. The van der Waals surface area contributed by atoms with Gasteiger partial charge in [0.2, 0.25) is 5.91 Å². The Morgan fingerprint density at radius 1 is 1.33 bits per heavy atom. The predicted octanol–water partition coefficient (Wildman–Crippen LogP) is 2.64. The molecule has 0 saturated carbocycles. The van der Waals surface area contributed by atoms with Gasteiger partial charge in [-0.05, 0) is 29.5 Å². The van der Waals surface area contributed by atoms with Crippen LogP contribution >= 0.6 is 0 Å². The highest BCUT2D eigenvalue weighted by Gasteiger charge is 2.18. The van der Waals surface area contributed by atoms with Crippen molar-refractivity contribution in [1.29, 1.82) is 0 Å². The molecule has 1 aromatic carbocycles. The van der Waals surface area contributed by atoms with Crippen LogP contribution in [0.4, 0.5) is 5.69 Å². The number of aliphatic hydroxyl groups is 1. The minimum absolute atomic E-state index is 0.0588. The Bertz CT molecular complexity index is 433. The van der Waals surface area contributed by atoms with Gasteiger partial charge in [0, 0.05) is 12.7 Å². The van der Waals surface area contributed by atoms with E-state index in [1.54, 1.807) is 11.9 Å². The highest BCUT2D eigenvalue weighted by Crippen LogP contribution is 2.28. The molecular weight excluding hydrogens is 226 g/mol. The quantitative estimate of drug-likeness (QED) is 0.894. The standard InChI is InChI=1S/C15H23NO2/c1-11-6-7-12(15(2,3)4)10-13(11)16(5)14(18)8-9-17/h6-7,10,17H,8-9H2,1-5H3. The molecule has 18 heavy (non-hydrogen) atoms.